The molecule has 1 heterocycles. The minimum atomic E-state index is -0.531. The van der Waals surface area contributed by atoms with Crippen molar-refractivity contribution in [2.75, 3.05) is 6.61 Å². The second-order valence-corrected chi connectivity index (χ2v) is 2.17. The van der Waals surface area contributed by atoms with E-state index in [1.165, 1.54) is 0 Å². The van der Waals surface area contributed by atoms with Gasteiger partial charge in [0.15, 0.2) is 0 Å². The van der Waals surface area contributed by atoms with Crippen LogP contribution in [0.4, 0.5) is 0 Å². The van der Waals surface area contributed by atoms with Crippen molar-refractivity contribution in [3.8, 4) is 0 Å². The first-order valence-electron chi connectivity index (χ1n) is 3.26. The standard InChI is InChI=1S/C7H11NO2/c9-4-2-7(10)6-1-3-8-5-6/h1,3,5,7-10H,2,4H2. The molecule has 3 nitrogen and oxygen atoms in total. The molecule has 1 aromatic heterocycles. The molecule has 0 aliphatic rings. The molecular weight excluding hydrogens is 130 g/mol. The average molecular weight is 141 g/mol. The molecular formula is C7H11NO2. The van der Waals surface area contributed by atoms with Gasteiger partial charge >= 0.3 is 0 Å². The van der Waals surface area contributed by atoms with Crippen LogP contribution in [0.15, 0.2) is 18.5 Å². The Balaban J connectivity index is 2.50. The summed E-state index contributed by atoms with van der Waals surface area (Å²) in [6, 6.07) is 1.79. The monoisotopic (exact) mass is 141 g/mol. The van der Waals surface area contributed by atoms with Crippen molar-refractivity contribution in [2.45, 2.75) is 12.5 Å². The third-order valence-electron chi connectivity index (χ3n) is 1.41. The molecule has 1 aromatic rings. The largest absolute Gasteiger partial charge is 0.396 e. The number of rotatable bonds is 3. The normalized spacial score (nSPS) is 13.4. The van der Waals surface area contributed by atoms with Gasteiger partial charge in [0, 0.05) is 25.4 Å². The van der Waals surface area contributed by atoms with E-state index in [1.54, 1.807) is 18.5 Å². The zero-order valence-electron chi connectivity index (χ0n) is 5.62. The van der Waals surface area contributed by atoms with Crippen LogP contribution in [0.5, 0.6) is 0 Å². The Morgan fingerprint density at radius 2 is 2.40 bits per heavy atom. The summed E-state index contributed by atoms with van der Waals surface area (Å²) < 4.78 is 0. The number of aromatic nitrogens is 1. The number of H-pyrrole nitrogens is 1. The van der Waals surface area contributed by atoms with Crippen molar-refractivity contribution in [3.63, 3.8) is 0 Å². The van der Waals surface area contributed by atoms with Gasteiger partial charge in [-0.05, 0) is 11.6 Å². The molecule has 56 valence electrons. The van der Waals surface area contributed by atoms with Gasteiger partial charge in [-0.3, -0.25) is 0 Å². The van der Waals surface area contributed by atoms with E-state index in [-0.39, 0.29) is 6.61 Å². The van der Waals surface area contributed by atoms with Crippen molar-refractivity contribution < 1.29 is 10.2 Å². The van der Waals surface area contributed by atoms with E-state index >= 15 is 0 Å². The lowest BCUT2D eigenvalue weighted by molar-refractivity contribution is 0.134. The van der Waals surface area contributed by atoms with Crippen LogP contribution in [0, 0.1) is 0 Å². The lowest BCUT2D eigenvalue weighted by Crippen LogP contribution is -1.97. The zero-order chi connectivity index (χ0) is 7.40. The van der Waals surface area contributed by atoms with E-state index in [0.29, 0.717) is 6.42 Å². The van der Waals surface area contributed by atoms with Gasteiger partial charge in [0.2, 0.25) is 0 Å². The van der Waals surface area contributed by atoms with Crippen molar-refractivity contribution in [1.29, 1.82) is 0 Å². The van der Waals surface area contributed by atoms with Gasteiger partial charge in [0.25, 0.3) is 0 Å². The van der Waals surface area contributed by atoms with E-state index in [0.717, 1.165) is 5.56 Å². The summed E-state index contributed by atoms with van der Waals surface area (Å²) in [4.78, 5) is 2.83. The molecule has 1 rings (SSSR count). The van der Waals surface area contributed by atoms with E-state index in [9.17, 15) is 5.11 Å². The van der Waals surface area contributed by atoms with Gasteiger partial charge in [-0.25, -0.2) is 0 Å². The highest BCUT2D eigenvalue weighted by atomic mass is 16.3. The predicted molar refractivity (Wildman–Crippen MR) is 37.5 cm³/mol. The van der Waals surface area contributed by atoms with E-state index in [2.05, 4.69) is 4.98 Å². The van der Waals surface area contributed by atoms with Crippen molar-refractivity contribution in [2.24, 2.45) is 0 Å². The highest BCUT2D eigenvalue weighted by molar-refractivity contribution is 5.11. The quantitative estimate of drug-likeness (QED) is 0.571. The summed E-state index contributed by atoms with van der Waals surface area (Å²) in [6.45, 7) is 0.0202. The highest BCUT2D eigenvalue weighted by Crippen LogP contribution is 2.13. The van der Waals surface area contributed by atoms with Crippen LogP contribution < -0.4 is 0 Å². The molecule has 0 bridgehead atoms. The number of aliphatic hydroxyl groups excluding tert-OH is 2. The van der Waals surface area contributed by atoms with Crippen LogP contribution in [-0.4, -0.2) is 21.8 Å². The molecule has 0 spiro atoms. The first kappa shape index (κ1) is 7.31. The molecule has 1 atom stereocenters. The average Bonchev–Trinajstić information content (AvgIpc) is 2.38. The zero-order valence-corrected chi connectivity index (χ0v) is 5.62. The Labute approximate surface area is 59.3 Å². The number of hydrogen-bond donors (Lipinski definition) is 3. The summed E-state index contributed by atoms with van der Waals surface area (Å²) in [6.07, 6.45) is 3.34. The second-order valence-electron chi connectivity index (χ2n) is 2.17. The topological polar surface area (TPSA) is 56.2 Å². The molecule has 0 aromatic carbocycles. The van der Waals surface area contributed by atoms with Crippen molar-refractivity contribution in [3.05, 3.63) is 24.0 Å². The molecule has 0 saturated carbocycles. The summed E-state index contributed by atoms with van der Waals surface area (Å²) in [5.41, 5.74) is 0.828. The smallest absolute Gasteiger partial charge is 0.0826 e. The van der Waals surface area contributed by atoms with Crippen LogP contribution in [0.2, 0.25) is 0 Å². The minimum Gasteiger partial charge on any atom is -0.396 e. The maximum absolute atomic E-state index is 9.23. The molecule has 0 amide bonds. The number of aliphatic hydroxyl groups is 2. The van der Waals surface area contributed by atoms with Crippen LogP contribution >= 0.6 is 0 Å². The molecule has 0 aliphatic carbocycles. The SMILES string of the molecule is OCCC(O)c1cc[nH]c1. The molecule has 0 saturated heterocycles. The number of hydrogen-bond acceptors (Lipinski definition) is 2. The van der Waals surface area contributed by atoms with Crippen molar-refractivity contribution in [1.82, 2.24) is 4.98 Å². The summed E-state index contributed by atoms with van der Waals surface area (Å²) in [5, 5.41) is 17.7. The summed E-state index contributed by atoms with van der Waals surface area (Å²) in [7, 11) is 0. The van der Waals surface area contributed by atoms with Crippen LogP contribution in [-0.2, 0) is 0 Å². The molecule has 0 aliphatic heterocycles. The fourth-order valence-electron chi connectivity index (χ4n) is 0.833. The predicted octanol–water partition coefficient (Wildman–Crippen LogP) is 0.430. The van der Waals surface area contributed by atoms with Crippen LogP contribution in [0.1, 0.15) is 18.1 Å². The second kappa shape index (κ2) is 3.39. The Morgan fingerprint density at radius 1 is 1.60 bits per heavy atom. The van der Waals surface area contributed by atoms with E-state index in [1.807, 2.05) is 0 Å². The first-order chi connectivity index (χ1) is 4.84. The molecule has 3 heteroatoms. The van der Waals surface area contributed by atoms with E-state index in [4.69, 9.17) is 5.11 Å². The van der Waals surface area contributed by atoms with Crippen molar-refractivity contribution >= 4 is 0 Å². The minimum absolute atomic E-state index is 0.0202. The fourth-order valence-corrected chi connectivity index (χ4v) is 0.833. The Kier molecular flexibility index (Phi) is 2.48. The van der Waals surface area contributed by atoms with Gasteiger partial charge < -0.3 is 15.2 Å². The number of aromatic amines is 1. The summed E-state index contributed by atoms with van der Waals surface area (Å²) in [5.74, 6) is 0. The molecule has 0 fully saturated rings. The van der Waals surface area contributed by atoms with Gasteiger partial charge in [-0.1, -0.05) is 0 Å². The van der Waals surface area contributed by atoms with E-state index < -0.39 is 6.10 Å². The maximum Gasteiger partial charge on any atom is 0.0826 e. The molecule has 0 radical (unpaired) electrons. The Bertz CT molecular complexity index is 172. The van der Waals surface area contributed by atoms with Gasteiger partial charge in [0.1, 0.15) is 0 Å². The molecule has 3 N–H and O–H groups in total. The number of nitrogens with one attached hydrogen (secondary N) is 1. The van der Waals surface area contributed by atoms with Gasteiger partial charge in [0.05, 0.1) is 6.10 Å². The highest BCUT2D eigenvalue weighted by Gasteiger charge is 2.04. The Hall–Kier alpha value is -0.800. The van der Waals surface area contributed by atoms with Gasteiger partial charge in [-0.2, -0.15) is 0 Å². The third-order valence-corrected chi connectivity index (χ3v) is 1.41. The fraction of sp³-hybridized carbons (Fsp3) is 0.429. The Morgan fingerprint density at radius 3 is 2.90 bits per heavy atom. The van der Waals surface area contributed by atoms with Crippen LogP contribution in [0.3, 0.4) is 0 Å². The summed E-state index contributed by atoms with van der Waals surface area (Å²) >= 11 is 0. The maximum atomic E-state index is 9.23. The molecule has 1 unspecified atom stereocenters. The van der Waals surface area contributed by atoms with Crippen LogP contribution in [0.25, 0.3) is 0 Å². The first-order valence-corrected chi connectivity index (χ1v) is 3.26. The lowest BCUT2D eigenvalue weighted by Gasteiger charge is -2.04. The van der Waals surface area contributed by atoms with Gasteiger partial charge in [-0.15, -0.1) is 0 Å². The third kappa shape index (κ3) is 1.59. The lowest BCUT2D eigenvalue weighted by atomic mass is 10.1. The molecule has 10 heavy (non-hydrogen) atoms.